The summed E-state index contributed by atoms with van der Waals surface area (Å²) in [5, 5.41) is 16.5. The smallest absolute Gasteiger partial charge is 0.294 e. The van der Waals surface area contributed by atoms with Crippen LogP contribution in [0.5, 0.6) is 0 Å². The molecule has 2 N–H and O–H groups in total. The second kappa shape index (κ2) is 4.81. The first-order valence-electron chi connectivity index (χ1n) is 5.49. The lowest BCUT2D eigenvalue weighted by atomic mass is 10.1. The molecule has 1 aromatic rings. The molecule has 0 bridgehead atoms. The fourth-order valence-electron chi connectivity index (χ4n) is 1.61. The average molecular weight is 270 g/mol. The van der Waals surface area contributed by atoms with Crippen molar-refractivity contribution in [2.24, 2.45) is 0 Å². The molecule has 18 heavy (non-hydrogen) atoms. The number of carbonyl (C=O) groups is 1. The number of rotatable bonds is 4. The Kier molecular flexibility index (Phi) is 3.38. The molecule has 1 aromatic carbocycles. The highest BCUT2D eigenvalue weighted by Crippen LogP contribution is 2.33. The molecular formula is C11H12ClN3O3. The van der Waals surface area contributed by atoms with Crippen molar-refractivity contribution in [2.75, 3.05) is 12.4 Å². The zero-order valence-electron chi connectivity index (χ0n) is 9.70. The van der Waals surface area contributed by atoms with Crippen LogP contribution in [0.2, 0.25) is 5.02 Å². The monoisotopic (exact) mass is 269 g/mol. The van der Waals surface area contributed by atoms with Crippen LogP contribution in [0, 0.1) is 10.1 Å². The van der Waals surface area contributed by atoms with Gasteiger partial charge in [0.15, 0.2) is 0 Å². The Hall–Kier alpha value is -1.82. The molecule has 1 aliphatic rings. The molecule has 6 nitrogen and oxygen atoms in total. The van der Waals surface area contributed by atoms with Gasteiger partial charge >= 0.3 is 0 Å². The Morgan fingerprint density at radius 2 is 2.17 bits per heavy atom. The van der Waals surface area contributed by atoms with Gasteiger partial charge in [-0.25, -0.2) is 0 Å². The van der Waals surface area contributed by atoms with Crippen LogP contribution in [0.1, 0.15) is 23.2 Å². The maximum absolute atomic E-state index is 11.8. The van der Waals surface area contributed by atoms with E-state index in [9.17, 15) is 14.9 Å². The van der Waals surface area contributed by atoms with Crippen LogP contribution in [-0.4, -0.2) is 23.9 Å². The first-order chi connectivity index (χ1) is 8.52. The SMILES string of the molecule is CNc1c(Cl)cc(C(=O)NC2CC2)cc1[N+](=O)[O-]. The molecule has 7 heteroatoms. The van der Waals surface area contributed by atoms with Gasteiger partial charge in [-0.05, 0) is 18.9 Å². The number of nitrogens with zero attached hydrogens (tertiary/aromatic N) is 1. The van der Waals surface area contributed by atoms with Gasteiger partial charge in [0.1, 0.15) is 5.69 Å². The van der Waals surface area contributed by atoms with Crippen LogP contribution in [0.25, 0.3) is 0 Å². The van der Waals surface area contributed by atoms with Crippen LogP contribution in [-0.2, 0) is 0 Å². The molecule has 0 atom stereocenters. The third kappa shape index (κ3) is 2.53. The third-order valence-electron chi connectivity index (χ3n) is 2.69. The van der Waals surface area contributed by atoms with Gasteiger partial charge in [-0.3, -0.25) is 14.9 Å². The number of nitro benzene ring substituents is 1. The van der Waals surface area contributed by atoms with Crippen molar-refractivity contribution >= 4 is 28.9 Å². The lowest BCUT2D eigenvalue weighted by Crippen LogP contribution is -2.25. The van der Waals surface area contributed by atoms with Crippen molar-refractivity contribution in [1.82, 2.24) is 5.32 Å². The van der Waals surface area contributed by atoms with Crippen molar-refractivity contribution < 1.29 is 9.72 Å². The number of anilines is 1. The number of hydrogen-bond acceptors (Lipinski definition) is 4. The molecule has 0 radical (unpaired) electrons. The van der Waals surface area contributed by atoms with Crippen molar-refractivity contribution in [3.63, 3.8) is 0 Å². The number of benzene rings is 1. The Morgan fingerprint density at radius 3 is 2.67 bits per heavy atom. The number of nitro groups is 1. The summed E-state index contributed by atoms with van der Waals surface area (Å²) in [6.07, 6.45) is 1.91. The topological polar surface area (TPSA) is 84.3 Å². The zero-order chi connectivity index (χ0) is 13.3. The average Bonchev–Trinajstić information content (AvgIpc) is 3.11. The van der Waals surface area contributed by atoms with Gasteiger partial charge in [-0.1, -0.05) is 11.6 Å². The highest BCUT2D eigenvalue weighted by Gasteiger charge is 2.26. The minimum atomic E-state index is -0.564. The molecule has 1 amide bonds. The van der Waals surface area contributed by atoms with Gasteiger partial charge in [0.2, 0.25) is 0 Å². The summed E-state index contributed by atoms with van der Waals surface area (Å²) in [6, 6.07) is 2.85. The third-order valence-corrected chi connectivity index (χ3v) is 2.99. The first-order valence-corrected chi connectivity index (χ1v) is 5.87. The minimum absolute atomic E-state index is 0.160. The molecule has 1 aliphatic carbocycles. The Bertz CT molecular complexity index is 515. The summed E-state index contributed by atoms with van der Waals surface area (Å²) in [5.41, 5.74) is 0.216. The number of halogens is 1. The van der Waals surface area contributed by atoms with Crippen LogP contribution in [0.3, 0.4) is 0 Å². The Morgan fingerprint density at radius 1 is 1.50 bits per heavy atom. The van der Waals surface area contributed by atoms with Gasteiger partial charge in [0.25, 0.3) is 11.6 Å². The van der Waals surface area contributed by atoms with Gasteiger partial charge in [-0.2, -0.15) is 0 Å². The lowest BCUT2D eigenvalue weighted by Gasteiger charge is -2.08. The van der Waals surface area contributed by atoms with E-state index in [2.05, 4.69) is 10.6 Å². The van der Waals surface area contributed by atoms with E-state index in [1.165, 1.54) is 19.2 Å². The summed E-state index contributed by atoms with van der Waals surface area (Å²) < 4.78 is 0. The summed E-state index contributed by atoms with van der Waals surface area (Å²) >= 11 is 5.93. The Labute approximate surface area is 108 Å². The van der Waals surface area contributed by atoms with Gasteiger partial charge in [0.05, 0.1) is 9.95 Å². The van der Waals surface area contributed by atoms with E-state index in [4.69, 9.17) is 11.6 Å². The standard InChI is InChI=1S/C11H12ClN3O3/c1-13-10-8(12)4-6(5-9(10)15(17)18)11(16)14-7-2-3-7/h4-5,7,13H,2-3H2,1H3,(H,14,16). The van der Waals surface area contributed by atoms with Crippen molar-refractivity contribution in [1.29, 1.82) is 0 Å². The molecule has 1 fully saturated rings. The van der Waals surface area contributed by atoms with E-state index in [-0.39, 0.29) is 33.9 Å². The van der Waals surface area contributed by atoms with E-state index in [0.29, 0.717) is 0 Å². The van der Waals surface area contributed by atoms with E-state index in [1.54, 1.807) is 0 Å². The highest BCUT2D eigenvalue weighted by atomic mass is 35.5. The highest BCUT2D eigenvalue weighted by molar-refractivity contribution is 6.34. The second-order valence-electron chi connectivity index (χ2n) is 4.11. The first kappa shape index (κ1) is 12.6. The number of amides is 1. The summed E-state index contributed by atoms with van der Waals surface area (Å²) in [7, 11) is 1.54. The number of nitrogens with one attached hydrogen (secondary N) is 2. The lowest BCUT2D eigenvalue weighted by molar-refractivity contribution is -0.383. The molecule has 0 aliphatic heterocycles. The molecule has 2 rings (SSSR count). The van der Waals surface area contributed by atoms with Crippen molar-refractivity contribution in [3.8, 4) is 0 Å². The van der Waals surface area contributed by atoms with Gasteiger partial charge in [-0.15, -0.1) is 0 Å². The van der Waals surface area contributed by atoms with Crippen molar-refractivity contribution in [2.45, 2.75) is 18.9 Å². The summed E-state index contributed by atoms with van der Waals surface area (Å²) in [6.45, 7) is 0. The predicted octanol–water partition coefficient (Wildman–Crippen LogP) is 2.18. The van der Waals surface area contributed by atoms with Gasteiger partial charge in [0, 0.05) is 24.7 Å². The molecule has 0 unspecified atom stereocenters. The fourth-order valence-corrected chi connectivity index (χ4v) is 1.92. The quantitative estimate of drug-likeness (QED) is 0.648. The molecule has 0 heterocycles. The van der Waals surface area contributed by atoms with Crippen LogP contribution in [0.15, 0.2) is 12.1 Å². The zero-order valence-corrected chi connectivity index (χ0v) is 10.5. The second-order valence-corrected chi connectivity index (χ2v) is 4.51. The molecule has 1 saturated carbocycles. The number of carbonyl (C=O) groups excluding carboxylic acids is 1. The maximum atomic E-state index is 11.8. The fraction of sp³-hybridized carbons (Fsp3) is 0.364. The largest absolute Gasteiger partial charge is 0.381 e. The van der Waals surface area contributed by atoms with Gasteiger partial charge < -0.3 is 10.6 Å². The van der Waals surface area contributed by atoms with Crippen molar-refractivity contribution in [3.05, 3.63) is 32.8 Å². The Balaban J connectivity index is 2.36. The normalized spacial score (nSPS) is 14.1. The maximum Gasteiger partial charge on any atom is 0.294 e. The molecule has 0 aromatic heterocycles. The van der Waals surface area contributed by atoms with Crippen LogP contribution < -0.4 is 10.6 Å². The van der Waals surface area contributed by atoms with E-state index in [1.807, 2.05) is 0 Å². The van der Waals surface area contributed by atoms with E-state index < -0.39 is 4.92 Å². The van der Waals surface area contributed by atoms with Crippen LogP contribution in [0.4, 0.5) is 11.4 Å². The van der Waals surface area contributed by atoms with E-state index in [0.717, 1.165) is 12.8 Å². The molecule has 0 saturated heterocycles. The molecule has 0 spiro atoms. The molecular weight excluding hydrogens is 258 g/mol. The summed E-state index contributed by atoms with van der Waals surface area (Å²) in [4.78, 5) is 22.2. The minimum Gasteiger partial charge on any atom is -0.381 e. The predicted molar refractivity (Wildman–Crippen MR) is 68.1 cm³/mol. The van der Waals surface area contributed by atoms with E-state index >= 15 is 0 Å². The molecule has 96 valence electrons. The van der Waals surface area contributed by atoms with Crippen LogP contribution >= 0.6 is 11.6 Å². The number of hydrogen-bond donors (Lipinski definition) is 2. The summed E-state index contributed by atoms with van der Waals surface area (Å²) in [5.74, 6) is -0.329.